The summed E-state index contributed by atoms with van der Waals surface area (Å²) in [6, 6.07) is 13.3. The van der Waals surface area contributed by atoms with E-state index < -0.39 is 29.7 Å². The molecule has 2 N–H and O–H groups in total. The number of aliphatic carboxylic acids is 1. The van der Waals surface area contributed by atoms with Gasteiger partial charge in [0.25, 0.3) is 0 Å². The van der Waals surface area contributed by atoms with Crippen LogP contribution in [0.4, 0.5) is 10.1 Å². The van der Waals surface area contributed by atoms with Crippen molar-refractivity contribution in [3.63, 3.8) is 0 Å². The summed E-state index contributed by atoms with van der Waals surface area (Å²) in [5, 5.41) is 14.3. The number of likely N-dealkylation sites (tertiary alicyclic amines) is 1. The molecule has 0 spiro atoms. The fourth-order valence-corrected chi connectivity index (χ4v) is 6.51. The van der Waals surface area contributed by atoms with Gasteiger partial charge in [0.05, 0.1) is 12.5 Å². The van der Waals surface area contributed by atoms with Crippen molar-refractivity contribution in [2.45, 2.75) is 38.6 Å². The molecule has 11 heteroatoms. The van der Waals surface area contributed by atoms with Gasteiger partial charge in [0.2, 0.25) is 18.4 Å². The molecular weight excluding hydrogens is 601 g/mol. The molecule has 240 valence electrons. The normalized spacial score (nSPS) is 19.2. The molecule has 0 bridgehead atoms. The number of hydrogen-bond acceptors (Lipinski definition) is 7. The van der Waals surface area contributed by atoms with Gasteiger partial charge in [0.15, 0.2) is 11.6 Å². The van der Waals surface area contributed by atoms with Crippen LogP contribution in [0.2, 0.25) is 5.02 Å². The largest absolute Gasteiger partial charge is 0.492 e. The molecule has 5 rings (SSSR count). The Bertz CT molecular complexity index is 1520. The molecular formula is C34H39ClFN3O6. The van der Waals surface area contributed by atoms with E-state index in [0.29, 0.717) is 41.3 Å². The van der Waals surface area contributed by atoms with Crippen LogP contribution in [-0.4, -0.2) is 73.9 Å². The average molecular weight is 640 g/mol. The maximum absolute atomic E-state index is 15.0. The van der Waals surface area contributed by atoms with Crippen molar-refractivity contribution in [2.24, 2.45) is 5.92 Å². The molecule has 9 nitrogen and oxygen atoms in total. The van der Waals surface area contributed by atoms with Gasteiger partial charge in [-0.15, -0.1) is 0 Å². The van der Waals surface area contributed by atoms with Crippen molar-refractivity contribution in [2.75, 3.05) is 52.4 Å². The minimum absolute atomic E-state index is 0.0164. The number of carboxylic acids is 1. The van der Waals surface area contributed by atoms with E-state index in [1.807, 2.05) is 74.1 Å². The number of carbonyl (C=O) groups excluding carboxylic acids is 1. The maximum Gasteiger partial charge on any atom is 0.309 e. The number of carbonyl (C=O) groups is 2. The molecule has 0 saturated carbocycles. The summed E-state index contributed by atoms with van der Waals surface area (Å²) >= 11 is 6.33. The molecule has 3 atom stereocenters. The first-order valence-corrected chi connectivity index (χ1v) is 15.5. The number of likely N-dealkylation sites (N-methyl/N-ethyl adjacent to an activating group) is 1. The van der Waals surface area contributed by atoms with E-state index in [1.165, 1.54) is 6.07 Å². The third-order valence-corrected chi connectivity index (χ3v) is 8.65. The minimum atomic E-state index is -1.04. The van der Waals surface area contributed by atoms with Crippen LogP contribution in [0.5, 0.6) is 17.2 Å². The van der Waals surface area contributed by atoms with Gasteiger partial charge in [-0.25, -0.2) is 4.39 Å². The van der Waals surface area contributed by atoms with Crippen molar-refractivity contribution >= 4 is 29.2 Å². The third kappa shape index (κ3) is 7.19. The second kappa shape index (κ2) is 14.1. The lowest BCUT2D eigenvalue weighted by atomic mass is 9.82. The highest BCUT2D eigenvalue weighted by atomic mass is 35.5. The molecule has 0 radical (unpaired) electrons. The smallest absolute Gasteiger partial charge is 0.309 e. The van der Waals surface area contributed by atoms with E-state index in [1.54, 1.807) is 6.07 Å². The maximum atomic E-state index is 15.0. The number of amides is 1. The van der Waals surface area contributed by atoms with Crippen molar-refractivity contribution < 1.29 is 33.3 Å². The molecule has 0 aliphatic carbocycles. The zero-order valence-corrected chi connectivity index (χ0v) is 26.7. The van der Waals surface area contributed by atoms with Gasteiger partial charge in [-0.2, -0.15) is 0 Å². The number of nitrogens with one attached hydrogen (secondary N) is 1. The van der Waals surface area contributed by atoms with Crippen molar-refractivity contribution in [1.82, 2.24) is 9.80 Å². The summed E-state index contributed by atoms with van der Waals surface area (Å²) in [4.78, 5) is 30.5. The standard InChI is InChI=1S/C34H39ClFN3O6/c1-5-20-13-24(35)14-21(6-2)31(20)37-29(40)18-39-17-26(23-15-27(36)33-28(16-23)44-19-45-33)30(34(41)42)32(39)22-7-9-25(10-8-22)43-12-11-38(3)4/h7-10,13-16,26,30,32H,5-6,11-12,17-19H2,1-4H3,(H,37,40)(H,41,42)/t26-,30?,32+/m1/s1. The number of fused-ring (bicyclic) bond motifs is 1. The molecule has 2 aliphatic rings. The Labute approximate surface area is 267 Å². The monoisotopic (exact) mass is 639 g/mol. The Kier molecular flexibility index (Phi) is 10.2. The van der Waals surface area contributed by atoms with Gasteiger partial charge in [-0.1, -0.05) is 37.6 Å². The second-order valence-electron chi connectivity index (χ2n) is 11.7. The van der Waals surface area contributed by atoms with Gasteiger partial charge >= 0.3 is 5.97 Å². The molecule has 1 saturated heterocycles. The second-order valence-corrected chi connectivity index (χ2v) is 12.1. The van der Waals surface area contributed by atoms with E-state index in [2.05, 4.69) is 5.32 Å². The lowest BCUT2D eigenvalue weighted by molar-refractivity contribution is -0.143. The van der Waals surface area contributed by atoms with Crippen molar-refractivity contribution in [3.05, 3.63) is 81.6 Å². The lowest BCUT2D eigenvalue weighted by Crippen LogP contribution is -2.35. The molecule has 2 aliphatic heterocycles. The highest BCUT2D eigenvalue weighted by molar-refractivity contribution is 6.30. The Morgan fingerprint density at radius 1 is 1.07 bits per heavy atom. The van der Waals surface area contributed by atoms with Crippen molar-refractivity contribution in [1.29, 1.82) is 0 Å². The highest BCUT2D eigenvalue weighted by Gasteiger charge is 2.48. The Balaban J connectivity index is 1.48. The van der Waals surface area contributed by atoms with Crippen LogP contribution < -0.4 is 19.5 Å². The minimum Gasteiger partial charge on any atom is -0.492 e. The van der Waals surface area contributed by atoms with E-state index in [9.17, 15) is 14.7 Å². The van der Waals surface area contributed by atoms with Crippen LogP contribution in [0.25, 0.3) is 0 Å². The fraction of sp³-hybridized carbons (Fsp3) is 0.412. The van der Waals surface area contributed by atoms with E-state index >= 15 is 4.39 Å². The number of benzene rings is 3. The number of nitrogens with zero attached hydrogens (tertiary/aromatic N) is 2. The number of hydrogen-bond donors (Lipinski definition) is 2. The number of aryl methyl sites for hydroxylation is 2. The van der Waals surface area contributed by atoms with E-state index in [-0.39, 0.29) is 37.3 Å². The van der Waals surface area contributed by atoms with E-state index in [0.717, 1.165) is 23.4 Å². The van der Waals surface area contributed by atoms with Gasteiger partial charge in [-0.3, -0.25) is 14.5 Å². The zero-order chi connectivity index (χ0) is 32.2. The summed E-state index contributed by atoms with van der Waals surface area (Å²) < 4.78 is 31.5. The Hall–Kier alpha value is -3.86. The predicted octanol–water partition coefficient (Wildman–Crippen LogP) is 5.75. The van der Waals surface area contributed by atoms with Crippen LogP contribution >= 0.6 is 11.6 Å². The number of carboxylic acid groups (broad SMARTS) is 1. The third-order valence-electron chi connectivity index (χ3n) is 8.43. The van der Waals surface area contributed by atoms with Gasteiger partial charge < -0.3 is 29.5 Å². The summed E-state index contributed by atoms with van der Waals surface area (Å²) in [7, 11) is 3.93. The van der Waals surface area contributed by atoms with Crippen molar-refractivity contribution in [3.8, 4) is 17.2 Å². The quantitative estimate of drug-likeness (QED) is 0.258. The van der Waals surface area contributed by atoms with Crippen LogP contribution in [0.3, 0.4) is 0 Å². The first-order valence-electron chi connectivity index (χ1n) is 15.1. The number of rotatable bonds is 12. The highest BCUT2D eigenvalue weighted by Crippen LogP contribution is 2.48. The molecule has 2 heterocycles. The molecule has 1 amide bonds. The Morgan fingerprint density at radius 3 is 2.38 bits per heavy atom. The summed E-state index contributed by atoms with van der Waals surface area (Å²) in [6.07, 6.45) is 1.36. The average Bonchev–Trinajstić information content (AvgIpc) is 3.63. The molecule has 3 aromatic rings. The van der Waals surface area contributed by atoms with E-state index in [4.69, 9.17) is 25.8 Å². The summed E-state index contributed by atoms with van der Waals surface area (Å²) in [6.45, 7) is 5.27. The molecule has 1 fully saturated rings. The summed E-state index contributed by atoms with van der Waals surface area (Å²) in [5.41, 5.74) is 3.77. The van der Waals surface area contributed by atoms with Crippen LogP contribution in [0, 0.1) is 11.7 Å². The number of halogens is 2. The number of anilines is 1. The van der Waals surface area contributed by atoms with Gasteiger partial charge in [0.1, 0.15) is 12.4 Å². The topological polar surface area (TPSA) is 101 Å². The zero-order valence-electron chi connectivity index (χ0n) is 25.9. The molecule has 45 heavy (non-hydrogen) atoms. The molecule has 1 unspecified atom stereocenters. The van der Waals surface area contributed by atoms with Gasteiger partial charge in [-0.05, 0) is 85.6 Å². The number of ether oxygens (including phenoxy) is 3. The van der Waals surface area contributed by atoms with Crippen LogP contribution in [0.15, 0.2) is 48.5 Å². The lowest BCUT2D eigenvalue weighted by Gasteiger charge is -2.27. The van der Waals surface area contributed by atoms with Crippen LogP contribution in [0.1, 0.15) is 48.1 Å². The first kappa shape index (κ1) is 32.5. The SMILES string of the molecule is CCc1cc(Cl)cc(CC)c1NC(=O)CN1C[C@H](c2cc(F)c3c(c2)OCO3)C(C(=O)O)[C@@H]1c1ccc(OCCN(C)C)cc1. The fourth-order valence-electron chi connectivity index (χ4n) is 6.24. The van der Waals surface area contributed by atoms with Crippen LogP contribution in [-0.2, 0) is 22.4 Å². The molecule has 3 aromatic carbocycles. The van der Waals surface area contributed by atoms with Gasteiger partial charge in [0, 0.05) is 35.8 Å². The Morgan fingerprint density at radius 2 is 1.76 bits per heavy atom. The molecule has 0 aromatic heterocycles. The first-order chi connectivity index (χ1) is 21.6. The summed E-state index contributed by atoms with van der Waals surface area (Å²) in [5.74, 6) is -2.64. The predicted molar refractivity (Wildman–Crippen MR) is 170 cm³/mol.